The molecule has 0 spiro atoms. The van der Waals surface area contributed by atoms with E-state index in [4.69, 9.17) is 15.6 Å². The first-order valence-corrected chi connectivity index (χ1v) is 5.34. The highest BCUT2D eigenvalue weighted by Crippen LogP contribution is 2.33. The van der Waals surface area contributed by atoms with E-state index >= 15 is 0 Å². The third-order valence-corrected chi connectivity index (χ3v) is 3.12. The van der Waals surface area contributed by atoms with Crippen LogP contribution in [0.5, 0.6) is 0 Å². The van der Waals surface area contributed by atoms with Crippen LogP contribution >= 0.6 is 11.3 Å². The number of anilines is 1. The molecular formula is C10H16N2O3S. The maximum atomic E-state index is 10.7. The zero-order chi connectivity index (χ0) is 12.9. The second kappa shape index (κ2) is 5.50. The SMILES string of the molecule is CC(C)(C)c1cc(C(=O)O)c(N)s1.NC=O. The van der Waals surface area contributed by atoms with E-state index in [1.54, 1.807) is 6.07 Å². The Hall–Kier alpha value is -1.56. The molecule has 0 aliphatic heterocycles. The molecule has 0 radical (unpaired) electrons. The van der Waals surface area contributed by atoms with Gasteiger partial charge in [-0.2, -0.15) is 0 Å². The molecule has 1 rings (SSSR count). The number of thiophene rings is 1. The van der Waals surface area contributed by atoms with E-state index < -0.39 is 5.97 Å². The standard InChI is InChI=1S/C9H13NO2S.CH3NO/c1-9(2,3)6-4-5(8(11)12)7(10)13-6;2-1-3/h4H,10H2,1-3H3,(H,11,12);1H,(H2,2,3). The molecule has 0 aliphatic rings. The summed E-state index contributed by atoms with van der Waals surface area (Å²) >= 11 is 1.35. The van der Waals surface area contributed by atoms with Crippen LogP contribution in [0.4, 0.5) is 5.00 Å². The summed E-state index contributed by atoms with van der Waals surface area (Å²) in [4.78, 5) is 20.3. The maximum Gasteiger partial charge on any atom is 0.338 e. The van der Waals surface area contributed by atoms with Crippen LogP contribution in [0.3, 0.4) is 0 Å². The Morgan fingerprint density at radius 2 is 1.94 bits per heavy atom. The van der Waals surface area contributed by atoms with Gasteiger partial charge in [-0.25, -0.2) is 4.79 Å². The summed E-state index contributed by atoms with van der Waals surface area (Å²) in [7, 11) is 0. The number of carboxylic acid groups (broad SMARTS) is 1. The van der Waals surface area contributed by atoms with Crippen LogP contribution < -0.4 is 11.5 Å². The number of aromatic carboxylic acids is 1. The van der Waals surface area contributed by atoms with Crippen molar-refractivity contribution in [1.82, 2.24) is 0 Å². The van der Waals surface area contributed by atoms with Gasteiger partial charge in [0, 0.05) is 4.88 Å². The molecule has 0 bridgehead atoms. The number of carboxylic acids is 1. The molecule has 1 aromatic rings. The number of hydrogen-bond donors (Lipinski definition) is 3. The maximum absolute atomic E-state index is 10.7. The minimum absolute atomic E-state index is 0.0352. The van der Waals surface area contributed by atoms with Gasteiger partial charge in [0.1, 0.15) is 5.00 Å². The number of rotatable bonds is 1. The van der Waals surface area contributed by atoms with Crippen LogP contribution in [0.2, 0.25) is 0 Å². The highest BCUT2D eigenvalue weighted by Gasteiger charge is 2.20. The van der Waals surface area contributed by atoms with Crippen LogP contribution in [0.1, 0.15) is 36.0 Å². The van der Waals surface area contributed by atoms with Crippen LogP contribution in [-0.4, -0.2) is 17.5 Å². The highest BCUT2D eigenvalue weighted by molar-refractivity contribution is 7.16. The predicted molar refractivity (Wildman–Crippen MR) is 64.6 cm³/mol. The molecule has 5 N–H and O–H groups in total. The van der Waals surface area contributed by atoms with Crippen LogP contribution in [-0.2, 0) is 10.2 Å². The van der Waals surface area contributed by atoms with Gasteiger partial charge in [-0.15, -0.1) is 11.3 Å². The van der Waals surface area contributed by atoms with Crippen LogP contribution in [0.15, 0.2) is 6.07 Å². The summed E-state index contributed by atoms with van der Waals surface area (Å²) < 4.78 is 0. The van der Waals surface area contributed by atoms with E-state index in [9.17, 15) is 4.79 Å². The largest absolute Gasteiger partial charge is 0.478 e. The highest BCUT2D eigenvalue weighted by atomic mass is 32.1. The first kappa shape index (κ1) is 14.4. The van der Waals surface area contributed by atoms with Crippen molar-refractivity contribution in [2.75, 3.05) is 5.73 Å². The lowest BCUT2D eigenvalue weighted by Gasteiger charge is -2.14. The fourth-order valence-electron chi connectivity index (χ4n) is 0.942. The van der Waals surface area contributed by atoms with Crippen molar-refractivity contribution in [3.05, 3.63) is 16.5 Å². The average Bonchev–Trinajstić information content (AvgIpc) is 2.47. The normalized spacial score (nSPS) is 10.2. The Morgan fingerprint density at radius 3 is 2.12 bits per heavy atom. The second-order valence-electron chi connectivity index (χ2n) is 4.08. The number of hydrogen-bond acceptors (Lipinski definition) is 4. The lowest BCUT2D eigenvalue weighted by atomic mass is 9.94. The average molecular weight is 244 g/mol. The fourth-order valence-corrected chi connectivity index (χ4v) is 1.92. The number of primary amides is 1. The number of nitrogens with two attached hydrogens (primary N) is 2. The van der Waals surface area contributed by atoms with Crippen molar-refractivity contribution in [2.45, 2.75) is 26.2 Å². The summed E-state index contributed by atoms with van der Waals surface area (Å²) in [6, 6.07) is 1.66. The van der Waals surface area contributed by atoms with Gasteiger partial charge < -0.3 is 16.6 Å². The molecule has 0 saturated carbocycles. The van der Waals surface area contributed by atoms with Crippen molar-refractivity contribution < 1.29 is 14.7 Å². The molecule has 16 heavy (non-hydrogen) atoms. The molecule has 0 aliphatic carbocycles. The zero-order valence-corrected chi connectivity index (χ0v) is 10.3. The Labute approximate surface area is 98.1 Å². The molecule has 1 aromatic heterocycles. The van der Waals surface area contributed by atoms with Crippen molar-refractivity contribution in [2.24, 2.45) is 5.73 Å². The van der Waals surface area contributed by atoms with Crippen LogP contribution in [0.25, 0.3) is 0 Å². The number of amides is 1. The summed E-state index contributed by atoms with van der Waals surface area (Å²) in [5.41, 5.74) is 9.93. The van der Waals surface area contributed by atoms with Crippen LogP contribution in [0, 0.1) is 0 Å². The van der Waals surface area contributed by atoms with Gasteiger partial charge >= 0.3 is 5.97 Å². The van der Waals surface area contributed by atoms with Gasteiger partial charge in [0.2, 0.25) is 6.41 Å². The molecule has 0 unspecified atom stereocenters. The smallest absolute Gasteiger partial charge is 0.338 e. The number of carbonyl (C=O) groups excluding carboxylic acids is 1. The van der Waals surface area contributed by atoms with E-state index in [0.29, 0.717) is 5.00 Å². The van der Waals surface area contributed by atoms with E-state index in [0.717, 1.165) is 4.88 Å². The first-order valence-electron chi connectivity index (χ1n) is 4.52. The minimum Gasteiger partial charge on any atom is -0.478 e. The molecule has 5 nitrogen and oxygen atoms in total. The number of carbonyl (C=O) groups is 2. The second-order valence-corrected chi connectivity index (χ2v) is 5.16. The van der Waals surface area contributed by atoms with E-state index in [-0.39, 0.29) is 17.4 Å². The molecule has 1 heterocycles. The monoisotopic (exact) mass is 244 g/mol. The lowest BCUT2D eigenvalue weighted by molar-refractivity contribution is -0.106. The van der Waals surface area contributed by atoms with E-state index in [1.807, 2.05) is 20.8 Å². The first-order chi connectivity index (χ1) is 7.23. The van der Waals surface area contributed by atoms with E-state index in [1.165, 1.54) is 11.3 Å². The minimum atomic E-state index is -0.954. The summed E-state index contributed by atoms with van der Waals surface area (Å²) in [6.07, 6.45) is 0.250. The molecule has 0 fully saturated rings. The van der Waals surface area contributed by atoms with Gasteiger partial charge in [-0.3, -0.25) is 4.79 Å². The predicted octanol–water partition coefficient (Wildman–Crippen LogP) is 1.43. The Balaban J connectivity index is 0.000000673. The van der Waals surface area contributed by atoms with E-state index in [2.05, 4.69) is 5.73 Å². The van der Waals surface area contributed by atoms with Crippen molar-refractivity contribution >= 4 is 28.7 Å². The topological polar surface area (TPSA) is 106 Å². The summed E-state index contributed by atoms with van der Waals surface area (Å²) in [5.74, 6) is -0.954. The Bertz CT molecular complexity index is 380. The van der Waals surface area contributed by atoms with Gasteiger partial charge in [0.05, 0.1) is 5.56 Å². The molecule has 1 amide bonds. The summed E-state index contributed by atoms with van der Waals surface area (Å²) in [5, 5.41) is 9.16. The summed E-state index contributed by atoms with van der Waals surface area (Å²) in [6.45, 7) is 6.09. The fraction of sp³-hybridized carbons (Fsp3) is 0.400. The lowest BCUT2D eigenvalue weighted by Crippen LogP contribution is -2.08. The van der Waals surface area contributed by atoms with Gasteiger partial charge in [-0.1, -0.05) is 20.8 Å². The third kappa shape index (κ3) is 3.90. The quantitative estimate of drug-likeness (QED) is 0.649. The van der Waals surface area contributed by atoms with Gasteiger partial charge in [0.15, 0.2) is 0 Å². The van der Waals surface area contributed by atoms with Crippen molar-refractivity contribution in [1.29, 1.82) is 0 Å². The van der Waals surface area contributed by atoms with Gasteiger partial charge in [0.25, 0.3) is 0 Å². The Kier molecular flexibility index (Phi) is 4.97. The molecule has 90 valence electrons. The number of nitrogen functional groups attached to an aromatic ring is 1. The molecule has 0 saturated heterocycles. The molecule has 0 aromatic carbocycles. The van der Waals surface area contributed by atoms with Gasteiger partial charge in [-0.05, 0) is 11.5 Å². The Morgan fingerprint density at radius 1 is 1.50 bits per heavy atom. The van der Waals surface area contributed by atoms with Crippen molar-refractivity contribution in [3.8, 4) is 0 Å². The third-order valence-electron chi connectivity index (χ3n) is 1.73. The molecule has 6 heteroatoms. The van der Waals surface area contributed by atoms with Crippen molar-refractivity contribution in [3.63, 3.8) is 0 Å². The zero-order valence-electron chi connectivity index (χ0n) is 9.48. The molecule has 0 atom stereocenters. The molecular weight excluding hydrogens is 228 g/mol.